The first-order valence-electron chi connectivity index (χ1n) is 7.61. The van der Waals surface area contributed by atoms with Crippen LogP contribution in [0.1, 0.15) is 16.8 Å². The lowest BCUT2D eigenvalue weighted by atomic mass is 10.2. The third kappa shape index (κ3) is 3.34. The summed E-state index contributed by atoms with van der Waals surface area (Å²) in [6.07, 6.45) is 0. The highest BCUT2D eigenvalue weighted by Gasteiger charge is 2.10. The van der Waals surface area contributed by atoms with Crippen molar-refractivity contribution in [3.8, 4) is 11.6 Å². The number of nitrogens with zero attached hydrogens (tertiary/aromatic N) is 2. The molecular weight excluding hydrogens is 308 g/mol. The number of ether oxygens (including phenoxy) is 3. The third-order valence-corrected chi connectivity index (χ3v) is 3.78. The van der Waals surface area contributed by atoms with Gasteiger partial charge in [0, 0.05) is 11.6 Å². The van der Waals surface area contributed by atoms with E-state index < -0.39 is 0 Å². The van der Waals surface area contributed by atoms with E-state index in [0.717, 1.165) is 28.1 Å². The van der Waals surface area contributed by atoms with Gasteiger partial charge >= 0.3 is 0 Å². The van der Waals surface area contributed by atoms with E-state index in [9.17, 15) is 5.11 Å². The van der Waals surface area contributed by atoms with E-state index in [-0.39, 0.29) is 6.61 Å². The van der Waals surface area contributed by atoms with Crippen molar-refractivity contribution in [2.45, 2.75) is 19.8 Å². The predicted octanol–water partition coefficient (Wildman–Crippen LogP) is 2.56. The molecule has 0 radical (unpaired) electrons. The molecule has 0 saturated carbocycles. The Morgan fingerprint density at radius 3 is 2.46 bits per heavy atom. The van der Waals surface area contributed by atoms with Crippen molar-refractivity contribution < 1.29 is 19.3 Å². The lowest BCUT2D eigenvalue weighted by Crippen LogP contribution is -1.99. The van der Waals surface area contributed by atoms with Gasteiger partial charge in [-0.25, -0.2) is 4.52 Å². The highest BCUT2D eigenvalue weighted by Crippen LogP contribution is 2.21. The van der Waals surface area contributed by atoms with E-state index >= 15 is 0 Å². The van der Waals surface area contributed by atoms with E-state index in [4.69, 9.17) is 14.2 Å². The summed E-state index contributed by atoms with van der Waals surface area (Å²) < 4.78 is 17.9. The minimum atomic E-state index is -0.0503. The monoisotopic (exact) mass is 328 g/mol. The van der Waals surface area contributed by atoms with Gasteiger partial charge in [-0.2, -0.15) is 5.10 Å². The lowest BCUT2D eigenvalue weighted by Gasteiger charge is -2.05. The summed E-state index contributed by atoms with van der Waals surface area (Å²) in [4.78, 5) is 0. The maximum atomic E-state index is 9.45. The molecule has 2 heterocycles. The van der Waals surface area contributed by atoms with E-state index in [2.05, 4.69) is 5.10 Å². The molecule has 0 spiro atoms. The smallest absolute Gasteiger partial charge is 0.214 e. The first kappa shape index (κ1) is 16.3. The number of hydrogen-bond acceptors (Lipinski definition) is 5. The van der Waals surface area contributed by atoms with Crippen molar-refractivity contribution in [3.05, 3.63) is 59.3 Å². The molecule has 0 atom stereocenters. The average molecular weight is 328 g/mol. The molecule has 0 aliphatic heterocycles. The van der Waals surface area contributed by atoms with Gasteiger partial charge < -0.3 is 19.3 Å². The zero-order valence-electron chi connectivity index (χ0n) is 13.7. The van der Waals surface area contributed by atoms with Crippen LogP contribution >= 0.6 is 0 Å². The van der Waals surface area contributed by atoms with Crippen LogP contribution in [0.2, 0.25) is 0 Å². The van der Waals surface area contributed by atoms with Crippen molar-refractivity contribution in [1.82, 2.24) is 9.61 Å². The first-order chi connectivity index (χ1) is 11.7. The van der Waals surface area contributed by atoms with Gasteiger partial charge in [0.2, 0.25) is 5.88 Å². The van der Waals surface area contributed by atoms with Gasteiger partial charge in [0.25, 0.3) is 0 Å². The molecule has 0 fully saturated rings. The first-order valence-corrected chi connectivity index (χ1v) is 7.61. The summed E-state index contributed by atoms with van der Waals surface area (Å²) in [5.41, 5.74) is 3.46. The minimum Gasteiger partial charge on any atom is -0.497 e. The molecule has 0 unspecified atom stereocenters. The van der Waals surface area contributed by atoms with Crippen LogP contribution in [-0.4, -0.2) is 28.9 Å². The maximum Gasteiger partial charge on any atom is 0.214 e. The Morgan fingerprint density at radius 2 is 1.79 bits per heavy atom. The standard InChI is InChI=1S/C18H20N2O4/c1-22-16-6-3-13(4-7-16)11-24-12-15-9-17-14(10-21)5-8-18(23-2)20(17)19-15/h3-9,21H,10-12H2,1-2H3. The zero-order valence-corrected chi connectivity index (χ0v) is 13.7. The number of aliphatic hydroxyl groups is 1. The Kier molecular flexibility index (Phi) is 4.98. The van der Waals surface area contributed by atoms with Crippen LogP contribution in [0.3, 0.4) is 0 Å². The van der Waals surface area contributed by atoms with Crippen LogP contribution in [0.15, 0.2) is 42.5 Å². The highest BCUT2D eigenvalue weighted by atomic mass is 16.5. The topological polar surface area (TPSA) is 65.2 Å². The number of benzene rings is 1. The van der Waals surface area contributed by atoms with Crippen LogP contribution in [0, 0.1) is 0 Å². The second-order valence-electron chi connectivity index (χ2n) is 5.33. The maximum absolute atomic E-state index is 9.45. The fraction of sp³-hybridized carbons (Fsp3) is 0.278. The molecule has 24 heavy (non-hydrogen) atoms. The Morgan fingerprint density at radius 1 is 1.00 bits per heavy atom. The molecule has 0 amide bonds. The van der Waals surface area contributed by atoms with Crippen molar-refractivity contribution in [2.75, 3.05) is 14.2 Å². The number of methoxy groups -OCH3 is 2. The van der Waals surface area contributed by atoms with Gasteiger partial charge in [-0.05, 0) is 29.8 Å². The summed E-state index contributed by atoms with van der Waals surface area (Å²) in [5, 5.41) is 13.9. The van der Waals surface area contributed by atoms with Crippen molar-refractivity contribution in [2.24, 2.45) is 0 Å². The number of hydrogen-bond donors (Lipinski definition) is 1. The Labute approximate surface area is 140 Å². The largest absolute Gasteiger partial charge is 0.497 e. The second kappa shape index (κ2) is 7.33. The zero-order chi connectivity index (χ0) is 16.9. The normalized spacial score (nSPS) is 11.0. The summed E-state index contributed by atoms with van der Waals surface area (Å²) >= 11 is 0. The highest BCUT2D eigenvalue weighted by molar-refractivity contribution is 5.57. The lowest BCUT2D eigenvalue weighted by molar-refractivity contribution is 0.104. The van der Waals surface area contributed by atoms with E-state index in [1.165, 1.54) is 0 Å². The molecule has 0 bridgehead atoms. The molecule has 6 heteroatoms. The second-order valence-corrected chi connectivity index (χ2v) is 5.33. The summed E-state index contributed by atoms with van der Waals surface area (Å²) in [6.45, 7) is 0.814. The average Bonchev–Trinajstić information content (AvgIpc) is 3.05. The quantitative estimate of drug-likeness (QED) is 0.722. The fourth-order valence-corrected chi connectivity index (χ4v) is 2.51. The molecule has 3 aromatic rings. The van der Waals surface area contributed by atoms with Gasteiger partial charge in [-0.1, -0.05) is 12.1 Å². The van der Waals surface area contributed by atoms with Crippen LogP contribution in [0.25, 0.3) is 5.52 Å². The molecule has 0 aliphatic carbocycles. The molecule has 6 nitrogen and oxygen atoms in total. The number of aliphatic hydroxyl groups excluding tert-OH is 1. The number of aromatic nitrogens is 2. The Bertz CT molecular complexity index is 771. The van der Waals surface area contributed by atoms with Crippen molar-refractivity contribution in [1.29, 1.82) is 0 Å². The molecule has 3 rings (SSSR count). The van der Waals surface area contributed by atoms with E-state index in [1.807, 2.05) is 36.4 Å². The molecule has 0 saturated heterocycles. The predicted molar refractivity (Wildman–Crippen MR) is 89.2 cm³/mol. The van der Waals surface area contributed by atoms with Crippen molar-refractivity contribution in [3.63, 3.8) is 0 Å². The van der Waals surface area contributed by atoms with Crippen LogP contribution in [0.5, 0.6) is 11.6 Å². The van der Waals surface area contributed by atoms with Gasteiger partial charge in [0.05, 0.1) is 45.3 Å². The van der Waals surface area contributed by atoms with E-state index in [1.54, 1.807) is 24.8 Å². The summed E-state index contributed by atoms with van der Waals surface area (Å²) in [5.74, 6) is 1.44. The van der Waals surface area contributed by atoms with Gasteiger partial charge in [-0.3, -0.25) is 0 Å². The Balaban J connectivity index is 1.70. The molecule has 1 aromatic carbocycles. The van der Waals surface area contributed by atoms with E-state index in [0.29, 0.717) is 19.1 Å². The molecule has 0 aliphatic rings. The number of rotatable bonds is 7. The summed E-state index contributed by atoms with van der Waals surface area (Å²) in [6, 6.07) is 13.3. The number of fused-ring (bicyclic) bond motifs is 1. The fourth-order valence-electron chi connectivity index (χ4n) is 2.51. The van der Waals surface area contributed by atoms with Crippen LogP contribution in [-0.2, 0) is 24.6 Å². The van der Waals surface area contributed by atoms with Gasteiger partial charge in [-0.15, -0.1) is 0 Å². The van der Waals surface area contributed by atoms with Gasteiger partial charge in [0.1, 0.15) is 5.75 Å². The molecule has 126 valence electrons. The van der Waals surface area contributed by atoms with Crippen molar-refractivity contribution >= 4 is 5.52 Å². The van der Waals surface area contributed by atoms with Crippen LogP contribution < -0.4 is 9.47 Å². The number of pyridine rings is 1. The SMILES string of the molecule is COc1ccc(COCc2cc3c(CO)ccc(OC)n3n2)cc1. The minimum absolute atomic E-state index is 0.0503. The van der Waals surface area contributed by atoms with Gasteiger partial charge in [0.15, 0.2) is 0 Å². The Hall–Kier alpha value is -2.57. The summed E-state index contributed by atoms with van der Waals surface area (Å²) in [7, 11) is 3.23. The molecule has 2 aromatic heterocycles. The third-order valence-electron chi connectivity index (χ3n) is 3.78. The van der Waals surface area contributed by atoms with Crippen LogP contribution in [0.4, 0.5) is 0 Å². The molecule has 1 N–H and O–H groups in total. The molecular formula is C18H20N2O4.